The average molecular weight is 370 g/mol. The highest BCUT2D eigenvalue weighted by molar-refractivity contribution is 5.79. The zero-order valence-corrected chi connectivity index (χ0v) is 15.6. The molecular formula is C20H26N4O3. The van der Waals surface area contributed by atoms with E-state index in [0.717, 1.165) is 25.8 Å². The Morgan fingerprint density at radius 2 is 2.07 bits per heavy atom. The number of anilines is 1. The normalized spacial score (nSPS) is 16.8. The topological polar surface area (TPSA) is 76.6 Å². The van der Waals surface area contributed by atoms with Crippen LogP contribution in [-0.4, -0.2) is 49.2 Å². The third-order valence-corrected chi connectivity index (χ3v) is 4.52. The van der Waals surface area contributed by atoms with Crippen molar-refractivity contribution >= 4 is 11.7 Å². The van der Waals surface area contributed by atoms with Crippen LogP contribution >= 0.6 is 0 Å². The predicted octanol–water partition coefficient (Wildman–Crippen LogP) is 2.64. The average Bonchev–Trinajstić information content (AvgIpc) is 2.72. The Labute approximate surface area is 159 Å². The molecule has 0 unspecified atom stereocenters. The molecule has 0 bridgehead atoms. The molecule has 1 aromatic carbocycles. The lowest BCUT2D eigenvalue weighted by Gasteiger charge is -2.33. The maximum atomic E-state index is 12.5. The summed E-state index contributed by atoms with van der Waals surface area (Å²) in [5.74, 6) is 1.88. The summed E-state index contributed by atoms with van der Waals surface area (Å²) < 4.78 is 10.9. The van der Waals surface area contributed by atoms with Gasteiger partial charge in [-0.2, -0.15) is 0 Å². The second-order valence-electron chi connectivity index (χ2n) is 6.52. The quantitative estimate of drug-likeness (QED) is 0.720. The van der Waals surface area contributed by atoms with Gasteiger partial charge in [0.15, 0.2) is 5.82 Å². The van der Waals surface area contributed by atoms with E-state index in [-0.39, 0.29) is 11.8 Å². The van der Waals surface area contributed by atoms with Crippen LogP contribution in [0.1, 0.15) is 19.3 Å². The van der Waals surface area contributed by atoms with Gasteiger partial charge in [0, 0.05) is 45.7 Å². The van der Waals surface area contributed by atoms with Crippen molar-refractivity contribution in [3.05, 3.63) is 42.7 Å². The van der Waals surface area contributed by atoms with Crippen LogP contribution in [0.2, 0.25) is 0 Å². The van der Waals surface area contributed by atoms with Crippen molar-refractivity contribution in [1.82, 2.24) is 15.3 Å². The molecule has 0 radical (unpaired) electrons. The molecular weight excluding hydrogens is 344 g/mol. The first-order chi connectivity index (χ1) is 13.3. The molecule has 7 heteroatoms. The van der Waals surface area contributed by atoms with Gasteiger partial charge in [0.05, 0.1) is 5.92 Å². The number of para-hydroxylation sites is 1. The minimum atomic E-state index is -0.0622. The molecule has 1 saturated heterocycles. The smallest absolute Gasteiger partial charge is 0.263 e. The number of nitrogens with zero attached hydrogens (tertiary/aromatic N) is 3. The highest BCUT2D eigenvalue weighted by Crippen LogP contribution is 2.30. The Kier molecular flexibility index (Phi) is 6.98. The standard InChI is InChI=1S/C20H26N4O3/c1-26-14-6-10-22-19(25)16-7-5-13-24(15-16)18-20(23-12-11-21-18)27-17-8-3-2-4-9-17/h2-4,8-9,11-12,16H,5-7,10,13-15H2,1H3,(H,22,25)/t16-/m0/s1. The Morgan fingerprint density at radius 1 is 1.26 bits per heavy atom. The number of amides is 1. The number of carbonyl (C=O) groups is 1. The number of hydrogen-bond acceptors (Lipinski definition) is 6. The molecule has 0 aliphatic carbocycles. The molecule has 1 amide bonds. The molecule has 1 aliphatic rings. The van der Waals surface area contributed by atoms with Crippen LogP contribution in [0.25, 0.3) is 0 Å². The lowest BCUT2D eigenvalue weighted by atomic mass is 9.97. The number of aromatic nitrogens is 2. The van der Waals surface area contributed by atoms with Gasteiger partial charge in [0.1, 0.15) is 5.75 Å². The van der Waals surface area contributed by atoms with Gasteiger partial charge in [-0.15, -0.1) is 0 Å². The summed E-state index contributed by atoms with van der Waals surface area (Å²) in [6.45, 7) is 2.73. The van der Waals surface area contributed by atoms with Gasteiger partial charge >= 0.3 is 0 Å². The number of nitrogens with one attached hydrogen (secondary N) is 1. The number of piperidine rings is 1. The SMILES string of the molecule is COCCCNC(=O)[C@H]1CCCN(c2nccnc2Oc2ccccc2)C1. The van der Waals surface area contributed by atoms with Crippen molar-refractivity contribution in [2.45, 2.75) is 19.3 Å². The minimum Gasteiger partial charge on any atom is -0.436 e. The van der Waals surface area contributed by atoms with Crippen LogP contribution in [0.4, 0.5) is 5.82 Å². The van der Waals surface area contributed by atoms with E-state index in [1.807, 2.05) is 30.3 Å². The monoisotopic (exact) mass is 370 g/mol. The molecule has 2 aromatic rings. The number of rotatable bonds is 8. The zero-order valence-electron chi connectivity index (χ0n) is 15.6. The molecule has 1 aromatic heterocycles. The lowest BCUT2D eigenvalue weighted by Crippen LogP contribution is -2.43. The van der Waals surface area contributed by atoms with Crippen molar-refractivity contribution in [3.8, 4) is 11.6 Å². The fourth-order valence-electron chi connectivity index (χ4n) is 3.16. The summed E-state index contributed by atoms with van der Waals surface area (Å²) in [7, 11) is 1.66. The summed E-state index contributed by atoms with van der Waals surface area (Å²) in [4.78, 5) is 23.4. The number of benzene rings is 1. The van der Waals surface area contributed by atoms with Crippen molar-refractivity contribution in [2.24, 2.45) is 5.92 Å². The molecule has 2 heterocycles. The van der Waals surface area contributed by atoms with Gasteiger partial charge < -0.3 is 19.7 Å². The molecule has 3 rings (SSSR count). The van der Waals surface area contributed by atoms with E-state index in [1.54, 1.807) is 19.5 Å². The fourth-order valence-corrected chi connectivity index (χ4v) is 3.16. The second kappa shape index (κ2) is 9.87. The molecule has 1 aliphatic heterocycles. The third-order valence-electron chi connectivity index (χ3n) is 4.52. The number of ether oxygens (including phenoxy) is 2. The number of hydrogen-bond donors (Lipinski definition) is 1. The molecule has 0 saturated carbocycles. The minimum absolute atomic E-state index is 0.0622. The first-order valence-electron chi connectivity index (χ1n) is 9.33. The molecule has 1 fully saturated rings. The molecule has 144 valence electrons. The molecule has 7 nitrogen and oxygen atoms in total. The summed E-state index contributed by atoms with van der Waals surface area (Å²) >= 11 is 0. The Bertz CT molecular complexity index is 726. The largest absolute Gasteiger partial charge is 0.436 e. The Morgan fingerprint density at radius 3 is 2.89 bits per heavy atom. The van der Waals surface area contributed by atoms with Crippen LogP contribution < -0.4 is 15.0 Å². The fraction of sp³-hybridized carbons (Fsp3) is 0.450. The van der Waals surface area contributed by atoms with Gasteiger partial charge in [0.2, 0.25) is 5.91 Å². The predicted molar refractivity (Wildman–Crippen MR) is 103 cm³/mol. The summed E-state index contributed by atoms with van der Waals surface area (Å²) in [5.41, 5.74) is 0. The molecule has 27 heavy (non-hydrogen) atoms. The third kappa shape index (κ3) is 5.40. The maximum absolute atomic E-state index is 12.5. The molecule has 1 atom stereocenters. The highest BCUT2D eigenvalue weighted by atomic mass is 16.5. The van der Waals surface area contributed by atoms with Gasteiger partial charge in [0.25, 0.3) is 5.88 Å². The number of methoxy groups -OCH3 is 1. The van der Waals surface area contributed by atoms with Gasteiger partial charge in [-0.05, 0) is 31.4 Å². The highest BCUT2D eigenvalue weighted by Gasteiger charge is 2.28. The van der Waals surface area contributed by atoms with E-state index >= 15 is 0 Å². The van der Waals surface area contributed by atoms with Crippen molar-refractivity contribution < 1.29 is 14.3 Å². The van der Waals surface area contributed by atoms with Crippen LogP contribution in [0.15, 0.2) is 42.7 Å². The summed E-state index contributed by atoms with van der Waals surface area (Å²) in [5, 5.41) is 3.00. The second-order valence-corrected chi connectivity index (χ2v) is 6.52. The van der Waals surface area contributed by atoms with E-state index in [1.165, 1.54) is 0 Å². The van der Waals surface area contributed by atoms with E-state index < -0.39 is 0 Å². The van der Waals surface area contributed by atoms with E-state index in [9.17, 15) is 4.79 Å². The van der Waals surface area contributed by atoms with Crippen LogP contribution in [-0.2, 0) is 9.53 Å². The van der Waals surface area contributed by atoms with Crippen molar-refractivity contribution in [3.63, 3.8) is 0 Å². The molecule has 1 N–H and O–H groups in total. The van der Waals surface area contributed by atoms with Gasteiger partial charge in [-0.25, -0.2) is 9.97 Å². The number of carbonyl (C=O) groups excluding carboxylic acids is 1. The first-order valence-corrected chi connectivity index (χ1v) is 9.33. The van der Waals surface area contributed by atoms with Gasteiger partial charge in [-0.1, -0.05) is 18.2 Å². The summed E-state index contributed by atoms with van der Waals surface area (Å²) in [6.07, 6.45) is 5.89. The van der Waals surface area contributed by atoms with Gasteiger partial charge in [-0.3, -0.25) is 4.79 Å². The maximum Gasteiger partial charge on any atom is 0.263 e. The zero-order chi connectivity index (χ0) is 18.9. The van der Waals surface area contributed by atoms with Crippen molar-refractivity contribution in [1.29, 1.82) is 0 Å². The van der Waals surface area contributed by atoms with E-state index in [2.05, 4.69) is 20.2 Å². The van der Waals surface area contributed by atoms with Crippen LogP contribution in [0, 0.1) is 5.92 Å². The van der Waals surface area contributed by atoms with E-state index in [4.69, 9.17) is 9.47 Å². The van der Waals surface area contributed by atoms with E-state index in [0.29, 0.717) is 37.1 Å². The van der Waals surface area contributed by atoms with Crippen LogP contribution in [0.3, 0.4) is 0 Å². The summed E-state index contributed by atoms with van der Waals surface area (Å²) in [6, 6.07) is 9.52. The lowest BCUT2D eigenvalue weighted by molar-refractivity contribution is -0.125. The van der Waals surface area contributed by atoms with Crippen LogP contribution in [0.5, 0.6) is 11.6 Å². The van der Waals surface area contributed by atoms with Crippen molar-refractivity contribution in [2.75, 3.05) is 38.3 Å². The Balaban J connectivity index is 1.65. The Hall–Kier alpha value is -2.67. The first kappa shape index (κ1) is 19.1. The molecule has 0 spiro atoms.